The Balaban J connectivity index is 2.87. The number of rotatable bonds is 3. The number of nitrogens with two attached hydrogens (primary N) is 1. The Morgan fingerprint density at radius 3 is 2.31 bits per heavy atom. The van der Waals surface area contributed by atoms with Crippen molar-refractivity contribution in [1.82, 2.24) is 9.97 Å². The van der Waals surface area contributed by atoms with Gasteiger partial charge in [-0.1, -0.05) is 13.3 Å². The highest BCUT2D eigenvalue weighted by molar-refractivity contribution is 5.10. The zero-order chi connectivity index (χ0) is 9.84. The van der Waals surface area contributed by atoms with Gasteiger partial charge in [0.25, 0.3) is 0 Å². The first-order valence-electron chi connectivity index (χ1n) is 4.71. The first-order valence-corrected chi connectivity index (χ1v) is 4.71. The minimum Gasteiger partial charge on any atom is -0.321 e. The zero-order valence-electron chi connectivity index (χ0n) is 8.54. The number of hydrogen-bond acceptors (Lipinski definition) is 3. The number of aryl methyl sites for hydroxylation is 2. The minimum atomic E-state index is -0.0106. The molecule has 0 bridgehead atoms. The maximum absolute atomic E-state index is 5.92. The summed E-state index contributed by atoms with van der Waals surface area (Å²) in [7, 11) is 0. The highest BCUT2D eigenvalue weighted by atomic mass is 14.9. The van der Waals surface area contributed by atoms with E-state index in [1.165, 1.54) is 0 Å². The Bertz CT molecular complexity index is 263. The average Bonchev–Trinajstić information content (AvgIpc) is 2.03. The smallest absolute Gasteiger partial charge is 0.145 e. The molecule has 1 aromatic heterocycles. The van der Waals surface area contributed by atoms with Gasteiger partial charge in [0.1, 0.15) is 5.82 Å². The second-order valence-corrected chi connectivity index (χ2v) is 3.40. The van der Waals surface area contributed by atoms with E-state index in [1.54, 1.807) is 0 Å². The van der Waals surface area contributed by atoms with E-state index in [0.29, 0.717) is 0 Å². The van der Waals surface area contributed by atoms with Crippen molar-refractivity contribution >= 4 is 0 Å². The van der Waals surface area contributed by atoms with Gasteiger partial charge >= 0.3 is 0 Å². The normalized spacial score (nSPS) is 12.9. The number of hydrogen-bond donors (Lipinski definition) is 1. The van der Waals surface area contributed by atoms with Gasteiger partial charge in [-0.05, 0) is 26.3 Å². The molecule has 1 heterocycles. The second-order valence-electron chi connectivity index (χ2n) is 3.40. The minimum absolute atomic E-state index is 0.0106. The molecule has 72 valence electrons. The van der Waals surface area contributed by atoms with Crippen molar-refractivity contribution in [3.63, 3.8) is 0 Å². The fourth-order valence-electron chi connectivity index (χ4n) is 1.36. The molecule has 0 saturated heterocycles. The lowest BCUT2D eigenvalue weighted by atomic mass is 10.1. The average molecular weight is 179 g/mol. The highest BCUT2D eigenvalue weighted by Gasteiger charge is 2.08. The van der Waals surface area contributed by atoms with Gasteiger partial charge in [-0.3, -0.25) is 0 Å². The molecule has 0 radical (unpaired) electrons. The van der Waals surface area contributed by atoms with Crippen molar-refractivity contribution in [1.29, 1.82) is 0 Å². The summed E-state index contributed by atoms with van der Waals surface area (Å²) >= 11 is 0. The molecular formula is C10H17N3. The zero-order valence-corrected chi connectivity index (χ0v) is 8.54. The van der Waals surface area contributed by atoms with Gasteiger partial charge in [0.05, 0.1) is 6.04 Å². The van der Waals surface area contributed by atoms with Crippen LogP contribution in [-0.4, -0.2) is 9.97 Å². The van der Waals surface area contributed by atoms with Crippen LogP contribution >= 0.6 is 0 Å². The third-order valence-corrected chi connectivity index (χ3v) is 1.93. The third kappa shape index (κ3) is 2.77. The fraction of sp³-hybridized carbons (Fsp3) is 0.600. The SMILES string of the molecule is CCCC(N)c1nc(C)cc(C)n1. The van der Waals surface area contributed by atoms with Crippen molar-refractivity contribution < 1.29 is 0 Å². The van der Waals surface area contributed by atoms with Gasteiger partial charge < -0.3 is 5.73 Å². The maximum Gasteiger partial charge on any atom is 0.145 e. The molecule has 1 rings (SSSR count). The fourth-order valence-corrected chi connectivity index (χ4v) is 1.36. The third-order valence-electron chi connectivity index (χ3n) is 1.93. The van der Waals surface area contributed by atoms with Crippen LogP contribution in [0, 0.1) is 13.8 Å². The summed E-state index contributed by atoms with van der Waals surface area (Å²) < 4.78 is 0. The second kappa shape index (κ2) is 4.33. The largest absolute Gasteiger partial charge is 0.321 e. The van der Waals surface area contributed by atoms with E-state index in [0.717, 1.165) is 30.1 Å². The van der Waals surface area contributed by atoms with E-state index in [-0.39, 0.29) is 6.04 Å². The molecule has 0 amide bonds. The topological polar surface area (TPSA) is 51.8 Å². The predicted molar refractivity (Wildman–Crippen MR) is 53.3 cm³/mol. The van der Waals surface area contributed by atoms with Gasteiger partial charge in [0.15, 0.2) is 0 Å². The predicted octanol–water partition coefficient (Wildman–Crippen LogP) is 1.89. The maximum atomic E-state index is 5.92. The molecule has 13 heavy (non-hydrogen) atoms. The molecule has 0 aromatic carbocycles. The van der Waals surface area contributed by atoms with Crippen LogP contribution in [-0.2, 0) is 0 Å². The van der Waals surface area contributed by atoms with Crippen LogP contribution in [0.4, 0.5) is 0 Å². The molecular weight excluding hydrogens is 162 g/mol. The summed E-state index contributed by atoms with van der Waals surface area (Å²) in [4.78, 5) is 8.63. The molecule has 0 aliphatic rings. The van der Waals surface area contributed by atoms with Crippen LogP contribution < -0.4 is 5.73 Å². The van der Waals surface area contributed by atoms with Crippen LogP contribution in [0.2, 0.25) is 0 Å². The molecule has 3 nitrogen and oxygen atoms in total. The summed E-state index contributed by atoms with van der Waals surface area (Å²) in [6.07, 6.45) is 2.01. The summed E-state index contributed by atoms with van der Waals surface area (Å²) in [5, 5.41) is 0. The molecule has 0 fully saturated rings. The lowest BCUT2D eigenvalue weighted by molar-refractivity contribution is 0.597. The van der Waals surface area contributed by atoms with Crippen molar-refractivity contribution in [3.05, 3.63) is 23.3 Å². The van der Waals surface area contributed by atoms with E-state index in [4.69, 9.17) is 5.73 Å². The molecule has 2 N–H and O–H groups in total. The Kier molecular flexibility index (Phi) is 3.37. The van der Waals surface area contributed by atoms with Crippen molar-refractivity contribution in [2.75, 3.05) is 0 Å². The van der Waals surface area contributed by atoms with Crippen LogP contribution in [0.5, 0.6) is 0 Å². The summed E-state index contributed by atoms with van der Waals surface area (Å²) in [6.45, 7) is 6.05. The van der Waals surface area contributed by atoms with Gasteiger partial charge in [0.2, 0.25) is 0 Å². The quantitative estimate of drug-likeness (QED) is 0.771. The van der Waals surface area contributed by atoms with E-state index >= 15 is 0 Å². The summed E-state index contributed by atoms with van der Waals surface area (Å²) in [6, 6.07) is 1.95. The molecule has 3 heteroatoms. The van der Waals surface area contributed by atoms with E-state index < -0.39 is 0 Å². The Morgan fingerprint density at radius 1 is 1.31 bits per heavy atom. The first-order chi connectivity index (χ1) is 6.13. The standard InChI is InChI=1S/C10H17N3/c1-4-5-9(11)10-12-7(2)6-8(3)13-10/h6,9H,4-5,11H2,1-3H3. The van der Waals surface area contributed by atoms with Crippen molar-refractivity contribution in [2.45, 2.75) is 39.7 Å². The summed E-state index contributed by atoms with van der Waals surface area (Å²) in [5.74, 6) is 0.777. The molecule has 0 aliphatic carbocycles. The Morgan fingerprint density at radius 2 is 1.85 bits per heavy atom. The molecule has 1 atom stereocenters. The molecule has 0 spiro atoms. The molecule has 0 saturated carbocycles. The van der Waals surface area contributed by atoms with Crippen LogP contribution in [0.1, 0.15) is 43.0 Å². The summed E-state index contributed by atoms with van der Waals surface area (Å²) in [5.41, 5.74) is 7.91. The van der Waals surface area contributed by atoms with Gasteiger partial charge in [0, 0.05) is 11.4 Å². The highest BCUT2D eigenvalue weighted by Crippen LogP contribution is 2.11. The first kappa shape index (κ1) is 10.1. The number of nitrogens with zero attached hydrogens (tertiary/aromatic N) is 2. The lowest BCUT2D eigenvalue weighted by Gasteiger charge is -2.09. The van der Waals surface area contributed by atoms with Gasteiger partial charge in [-0.15, -0.1) is 0 Å². The van der Waals surface area contributed by atoms with Crippen LogP contribution in [0.3, 0.4) is 0 Å². The van der Waals surface area contributed by atoms with Crippen molar-refractivity contribution in [2.24, 2.45) is 5.73 Å². The van der Waals surface area contributed by atoms with Crippen LogP contribution in [0.15, 0.2) is 6.07 Å². The molecule has 1 aromatic rings. The molecule has 1 unspecified atom stereocenters. The van der Waals surface area contributed by atoms with Gasteiger partial charge in [-0.25, -0.2) is 9.97 Å². The Labute approximate surface area is 79.4 Å². The lowest BCUT2D eigenvalue weighted by Crippen LogP contribution is -2.14. The van der Waals surface area contributed by atoms with Crippen molar-refractivity contribution in [3.8, 4) is 0 Å². The van der Waals surface area contributed by atoms with E-state index in [1.807, 2.05) is 19.9 Å². The van der Waals surface area contributed by atoms with E-state index in [2.05, 4.69) is 16.9 Å². The molecule has 0 aliphatic heterocycles. The monoisotopic (exact) mass is 179 g/mol. The van der Waals surface area contributed by atoms with Crippen LogP contribution in [0.25, 0.3) is 0 Å². The number of aromatic nitrogens is 2. The van der Waals surface area contributed by atoms with E-state index in [9.17, 15) is 0 Å². The Hall–Kier alpha value is -0.960. The van der Waals surface area contributed by atoms with Gasteiger partial charge in [-0.2, -0.15) is 0 Å².